The van der Waals surface area contributed by atoms with Crippen LogP contribution >= 0.6 is 11.3 Å². The summed E-state index contributed by atoms with van der Waals surface area (Å²) in [4.78, 5) is 16.7. The fraction of sp³-hybridized carbons (Fsp3) is 0.500. The van der Waals surface area contributed by atoms with Crippen LogP contribution in [0.1, 0.15) is 16.7 Å². The number of aliphatic carboxylic acids is 1. The Labute approximate surface area is 86.2 Å². The van der Waals surface area contributed by atoms with Gasteiger partial charge >= 0.3 is 5.97 Å². The van der Waals surface area contributed by atoms with E-state index >= 15 is 0 Å². The number of hydrogen-bond donors (Lipinski definition) is 2. The van der Waals surface area contributed by atoms with Gasteiger partial charge in [-0.2, -0.15) is 0 Å². The number of rotatable bonds is 4. The highest BCUT2D eigenvalue weighted by Gasteiger charge is 2.17. The van der Waals surface area contributed by atoms with Gasteiger partial charge in [-0.15, -0.1) is 11.3 Å². The predicted octanol–water partition coefficient (Wildman–Crippen LogP) is 0.289. The molecule has 3 N–H and O–H groups in total. The lowest BCUT2D eigenvalue weighted by molar-refractivity contribution is -0.138. The van der Waals surface area contributed by atoms with E-state index in [1.807, 2.05) is 19.0 Å². The number of carboxylic acid groups (broad SMARTS) is 1. The summed E-state index contributed by atoms with van der Waals surface area (Å²) >= 11 is 1.43. The van der Waals surface area contributed by atoms with Gasteiger partial charge in [-0.25, -0.2) is 4.98 Å². The number of carboxylic acids is 1. The molecule has 0 amide bonds. The fourth-order valence-electron chi connectivity index (χ4n) is 0.938. The molecule has 0 aliphatic heterocycles. The average molecular weight is 215 g/mol. The maximum atomic E-state index is 10.6. The Balaban J connectivity index is 2.72. The molecule has 1 rings (SSSR count). The molecule has 5 nitrogen and oxygen atoms in total. The maximum Gasteiger partial charge on any atom is 0.326 e. The van der Waals surface area contributed by atoms with Crippen molar-refractivity contribution in [3.8, 4) is 0 Å². The van der Waals surface area contributed by atoms with Crippen molar-refractivity contribution in [2.24, 2.45) is 5.73 Å². The van der Waals surface area contributed by atoms with E-state index in [1.165, 1.54) is 11.3 Å². The van der Waals surface area contributed by atoms with Crippen LogP contribution in [0.15, 0.2) is 5.38 Å². The van der Waals surface area contributed by atoms with E-state index in [0.29, 0.717) is 12.2 Å². The van der Waals surface area contributed by atoms with Crippen LogP contribution in [0.4, 0.5) is 0 Å². The molecule has 0 aliphatic rings. The lowest BCUT2D eigenvalue weighted by Crippen LogP contribution is -2.21. The molecular formula is C8H13N3O2S. The third-order valence-corrected chi connectivity index (χ3v) is 2.46. The molecule has 0 radical (unpaired) electrons. The van der Waals surface area contributed by atoms with Crippen LogP contribution in [0.5, 0.6) is 0 Å². The molecule has 1 aromatic heterocycles. The standard InChI is InChI=1S/C8H13N3O2S/c1-11(2)3-6-10-5(4-14-6)7(9)8(12)13/h4,7H,3,9H2,1-2H3,(H,12,13). The van der Waals surface area contributed by atoms with Crippen molar-refractivity contribution in [2.45, 2.75) is 12.6 Å². The van der Waals surface area contributed by atoms with Crippen LogP contribution in [0.3, 0.4) is 0 Å². The van der Waals surface area contributed by atoms with Crippen LogP contribution in [0.25, 0.3) is 0 Å². The molecule has 0 saturated carbocycles. The molecule has 0 fully saturated rings. The quantitative estimate of drug-likeness (QED) is 0.754. The lowest BCUT2D eigenvalue weighted by Gasteiger charge is -2.05. The van der Waals surface area contributed by atoms with Gasteiger partial charge < -0.3 is 15.7 Å². The third kappa shape index (κ3) is 2.76. The topological polar surface area (TPSA) is 79.5 Å². The van der Waals surface area contributed by atoms with Gasteiger partial charge in [0.05, 0.1) is 5.69 Å². The molecule has 0 bridgehead atoms. The van der Waals surface area contributed by atoms with Gasteiger partial charge in [-0.05, 0) is 14.1 Å². The molecule has 0 aliphatic carbocycles. The Morgan fingerprint density at radius 2 is 2.43 bits per heavy atom. The van der Waals surface area contributed by atoms with Crippen molar-refractivity contribution in [3.63, 3.8) is 0 Å². The zero-order valence-corrected chi connectivity index (χ0v) is 8.91. The van der Waals surface area contributed by atoms with E-state index in [-0.39, 0.29) is 0 Å². The van der Waals surface area contributed by atoms with E-state index in [0.717, 1.165) is 5.01 Å². The molecule has 0 spiro atoms. The van der Waals surface area contributed by atoms with E-state index in [9.17, 15) is 4.79 Å². The molecule has 1 unspecified atom stereocenters. The number of aromatic nitrogens is 1. The number of carbonyl (C=O) groups is 1. The SMILES string of the molecule is CN(C)Cc1nc(C(N)C(=O)O)cs1. The summed E-state index contributed by atoms with van der Waals surface area (Å²) in [5.41, 5.74) is 5.84. The van der Waals surface area contributed by atoms with E-state index < -0.39 is 12.0 Å². The summed E-state index contributed by atoms with van der Waals surface area (Å²) in [7, 11) is 3.86. The van der Waals surface area contributed by atoms with Crippen LogP contribution in [-0.4, -0.2) is 35.1 Å². The molecular weight excluding hydrogens is 202 g/mol. The first-order valence-corrected chi connectivity index (χ1v) is 4.96. The molecule has 78 valence electrons. The second kappa shape index (κ2) is 4.50. The van der Waals surface area contributed by atoms with Gasteiger partial charge in [0.15, 0.2) is 0 Å². The first kappa shape index (κ1) is 11.1. The highest BCUT2D eigenvalue weighted by Crippen LogP contribution is 2.16. The first-order chi connectivity index (χ1) is 6.50. The number of hydrogen-bond acceptors (Lipinski definition) is 5. The molecule has 0 aromatic carbocycles. The minimum absolute atomic E-state index is 0.430. The van der Waals surface area contributed by atoms with Crippen LogP contribution in [0.2, 0.25) is 0 Å². The van der Waals surface area contributed by atoms with Crippen molar-refractivity contribution in [1.29, 1.82) is 0 Å². The normalized spacial score (nSPS) is 13.1. The van der Waals surface area contributed by atoms with Gasteiger partial charge in [0, 0.05) is 11.9 Å². The van der Waals surface area contributed by atoms with Gasteiger partial charge in [0.25, 0.3) is 0 Å². The largest absolute Gasteiger partial charge is 0.480 e. The molecule has 1 heterocycles. The highest BCUT2D eigenvalue weighted by atomic mass is 32.1. The van der Waals surface area contributed by atoms with Crippen molar-refractivity contribution in [3.05, 3.63) is 16.1 Å². The fourth-order valence-corrected chi connectivity index (χ4v) is 1.88. The van der Waals surface area contributed by atoms with E-state index in [1.54, 1.807) is 5.38 Å². The van der Waals surface area contributed by atoms with Gasteiger partial charge in [-0.3, -0.25) is 4.79 Å². The molecule has 1 atom stereocenters. The summed E-state index contributed by atoms with van der Waals surface area (Å²) in [6.45, 7) is 0.705. The highest BCUT2D eigenvalue weighted by molar-refractivity contribution is 7.09. The van der Waals surface area contributed by atoms with Gasteiger partial charge in [0.2, 0.25) is 0 Å². The Bertz CT molecular complexity index is 324. The smallest absolute Gasteiger partial charge is 0.326 e. The Hall–Kier alpha value is -0.980. The summed E-state index contributed by atoms with van der Waals surface area (Å²) in [5.74, 6) is -1.05. The van der Waals surface area contributed by atoms with Crippen molar-refractivity contribution >= 4 is 17.3 Å². The molecule has 6 heteroatoms. The average Bonchev–Trinajstić information content (AvgIpc) is 2.50. The molecule has 14 heavy (non-hydrogen) atoms. The number of thiazole rings is 1. The monoisotopic (exact) mass is 215 g/mol. The summed E-state index contributed by atoms with van der Waals surface area (Å²) < 4.78 is 0. The van der Waals surface area contributed by atoms with Crippen molar-refractivity contribution < 1.29 is 9.90 Å². The minimum atomic E-state index is -1.05. The summed E-state index contributed by atoms with van der Waals surface area (Å²) in [5, 5.41) is 11.2. The summed E-state index contributed by atoms with van der Waals surface area (Å²) in [6.07, 6.45) is 0. The number of nitrogens with zero attached hydrogens (tertiary/aromatic N) is 2. The molecule has 1 aromatic rings. The van der Waals surface area contributed by atoms with Crippen LogP contribution < -0.4 is 5.73 Å². The Morgan fingerprint density at radius 3 is 2.93 bits per heavy atom. The lowest BCUT2D eigenvalue weighted by atomic mass is 10.2. The Morgan fingerprint density at radius 1 is 1.79 bits per heavy atom. The number of nitrogens with two attached hydrogens (primary N) is 1. The predicted molar refractivity (Wildman–Crippen MR) is 54.1 cm³/mol. The third-order valence-electron chi connectivity index (χ3n) is 1.61. The maximum absolute atomic E-state index is 10.6. The summed E-state index contributed by atoms with van der Waals surface area (Å²) in [6, 6.07) is -1.01. The van der Waals surface area contributed by atoms with Gasteiger partial charge in [-0.1, -0.05) is 0 Å². The second-order valence-corrected chi connectivity index (χ2v) is 4.16. The Kier molecular flexibility index (Phi) is 3.56. The van der Waals surface area contributed by atoms with Crippen LogP contribution in [0, 0.1) is 0 Å². The van der Waals surface area contributed by atoms with E-state index in [2.05, 4.69) is 4.98 Å². The minimum Gasteiger partial charge on any atom is -0.480 e. The second-order valence-electron chi connectivity index (χ2n) is 3.22. The van der Waals surface area contributed by atoms with E-state index in [4.69, 9.17) is 10.8 Å². The first-order valence-electron chi connectivity index (χ1n) is 4.08. The van der Waals surface area contributed by atoms with Crippen molar-refractivity contribution in [2.75, 3.05) is 14.1 Å². The van der Waals surface area contributed by atoms with Crippen molar-refractivity contribution in [1.82, 2.24) is 9.88 Å². The van der Waals surface area contributed by atoms with Crippen LogP contribution in [-0.2, 0) is 11.3 Å². The zero-order valence-electron chi connectivity index (χ0n) is 8.10. The van der Waals surface area contributed by atoms with Gasteiger partial charge in [0.1, 0.15) is 11.0 Å². The zero-order chi connectivity index (χ0) is 10.7. The molecule has 0 saturated heterocycles.